The first-order chi connectivity index (χ1) is 9.15. The van der Waals surface area contributed by atoms with E-state index in [-0.39, 0.29) is 19.1 Å². The van der Waals surface area contributed by atoms with E-state index in [1.54, 1.807) is 13.0 Å². The number of hydrogen-bond acceptors (Lipinski definition) is 5. The molecule has 0 bridgehead atoms. The molecule has 1 amide bonds. The molecule has 104 valence electrons. The van der Waals surface area contributed by atoms with E-state index in [0.29, 0.717) is 18.1 Å². The van der Waals surface area contributed by atoms with Crippen molar-refractivity contribution in [2.45, 2.75) is 12.7 Å². The summed E-state index contributed by atoms with van der Waals surface area (Å²) in [6.07, 6.45) is 0. The molecule has 19 heavy (non-hydrogen) atoms. The number of benzene rings is 1. The molecular weight excluding hydrogens is 266 g/mol. The summed E-state index contributed by atoms with van der Waals surface area (Å²) in [6.45, 7) is 1.71. The summed E-state index contributed by atoms with van der Waals surface area (Å²) in [4.78, 5) is 22.4. The standard InChI is InChI=1S/C13H17NO4S/c1-2-17-13(16)7-14-12(15)8-18-11-5-3-4-10(6-11)9-19/h3-6,19H,2,7-9H2,1H3,(H,14,15). The van der Waals surface area contributed by atoms with Crippen LogP contribution in [0.4, 0.5) is 0 Å². The van der Waals surface area contributed by atoms with Crippen molar-refractivity contribution in [2.75, 3.05) is 19.8 Å². The minimum atomic E-state index is -0.465. The van der Waals surface area contributed by atoms with Crippen molar-refractivity contribution in [2.24, 2.45) is 0 Å². The number of rotatable bonds is 7. The topological polar surface area (TPSA) is 64.6 Å². The highest BCUT2D eigenvalue weighted by atomic mass is 32.1. The minimum Gasteiger partial charge on any atom is -0.484 e. The monoisotopic (exact) mass is 283 g/mol. The number of esters is 1. The van der Waals surface area contributed by atoms with Gasteiger partial charge in [-0.25, -0.2) is 0 Å². The van der Waals surface area contributed by atoms with E-state index in [2.05, 4.69) is 22.7 Å². The summed E-state index contributed by atoms with van der Waals surface area (Å²) >= 11 is 4.16. The molecule has 0 aromatic heterocycles. The van der Waals surface area contributed by atoms with E-state index in [4.69, 9.17) is 4.74 Å². The number of thiol groups is 1. The van der Waals surface area contributed by atoms with Crippen LogP contribution in [0.1, 0.15) is 12.5 Å². The van der Waals surface area contributed by atoms with Crippen molar-refractivity contribution in [3.05, 3.63) is 29.8 Å². The Balaban J connectivity index is 2.31. The van der Waals surface area contributed by atoms with E-state index >= 15 is 0 Å². The van der Waals surface area contributed by atoms with Crippen LogP contribution < -0.4 is 10.1 Å². The van der Waals surface area contributed by atoms with Crippen LogP contribution in [-0.4, -0.2) is 31.6 Å². The highest BCUT2D eigenvalue weighted by molar-refractivity contribution is 7.79. The second kappa shape index (κ2) is 8.42. The highest BCUT2D eigenvalue weighted by Crippen LogP contribution is 2.14. The van der Waals surface area contributed by atoms with Crippen LogP contribution in [0.15, 0.2) is 24.3 Å². The highest BCUT2D eigenvalue weighted by Gasteiger charge is 2.06. The molecule has 0 unspecified atom stereocenters. The van der Waals surface area contributed by atoms with Crippen LogP contribution in [0.25, 0.3) is 0 Å². The first kappa shape index (κ1) is 15.4. The first-order valence-corrected chi connectivity index (χ1v) is 6.54. The number of ether oxygens (including phenoxy) is 2. The summed E-state index contributed by atoms with van der Waals surface area (Å²) in [5.74, 6) is 0.363. The van der Waals surface area contributed by atoms with Crippen molar-refractivity contribution < 1.29 is 19.1 Å². The molecule has 1 rings (SSSR count). The largest absolute Gasteiger partial charge is 0.484 e. The van der Waals surface area contributed by atoms with Gasteiger partial charge in [0.05, 0.1) is 6.61 Å². The molecule has 1 aromatic carbocycles. The maximum absolute atomic E-state index is 11.4. The molecule has 1 N–H and O–H groups in total. The lowest BCUT2D eigenvalue weighted by molar-refractivity contribution is -0.143. The van der Waals surface area contributed by atoms with Crippen LogP contribution in [-0.2, 0) is 20.1 Å². The van der Waals surface area contributed by atoms with Gasteiger partial charge in [-0.15, -0.1) is 0 Å². The fourth-order valence-corrected chi connectivity index (χ4v) is 1.51. The van der Waals surface area contributed by atoms with Gasteiger partial charge in [-0.2, -0.15) is 12.6 Å². The number of nitrogens with one attached hydrogen (secondary N) is 1. The Kier molecular flexibility index (Phi) is 6.81. The Hall–Kier alpha value is -1.69. The van der Waals surface area contributed by atoms with Crippen LogP contribution >= 0.6 is 12.6 Å². The van der Waals surface area contributed by atoms with Gasteiger partial charge in [0.25, 0.3) is 5.91 Å². The normalized spacial score (nSPS) is 9.79. The lowest BCUT2D eigenvalue weighted by Gasteiger charge is -2.08. The second-order valence-corrected chi connectivity index (χ2v) is 3.99. The van der Waals surface area contributed by atoms with Gasteiger partial charge in [-0.3, -0.25) is 9.59 Å². The maximum Gasteiger partial charge on any atom is 0.325 e. The summed E-state index contributed by atoms with van der Waals surface area (Å²) < 4.78 is 9.99. The van der Waals surface area contributed by atoms with Gasteiger partial charge >= 0.3 is 5.97 Å². The molecule has 0 aliphatic carbocycles. The van der Waals surface area contributed by atoms with Crippen LogP contribution in [0, 0.1) is 0 Å². The van der Waals surface area contributed by atoms with Gasteiger partial charge in [0.1, 0.15) is 12.3 Å². The number of hydrogen-bond donors (Lipinski definition) is 2. The fraction of sp³-hybridized carbons (Fsp3) is 0.385. The molecule has 0 radical (unpaired) electrons. The summed E-state index contributed by atoms with van der Waals surface area (Å²) in [5, 5.41) is 2.41. The molecule has 5 nitrogen and oxygen atoms in total. The van der Waals surface area contributed by atoms with Crippen molar-refractivity contribution in [3.8, 4) is 5.75 Å². The molecule has 1 aromatic rings. The summed E-state index contributed by atoms with van der Waals surface area (Å²) in [5.41, 5.74) is 1.01. The van der Waals surface area contributed by atoms with Crippen LogP contribution in [0.5, 0.6) is 5.75 Å². The third-order valence-corrected chi connectivity index (χ3v) is 2.55. The zero-order valence-corrected chi connectivity index (χ0v) is 11.6. The van der Waals surface area contributed by atoms with E-state index in [1.807, 2.05) is 18.2 Å². The number of carbonyl (C=O) groups is 2. The Labute approximate surface area is 117 Å². The van der Waals surface area contributed by atoms with Gasteiger partial charge in [-0.1, -0.05) is 12.1 Å². The zero-order valence-electron chi connectivity index (χ0n) is 10.7. The molecule has 0 aliphatic heterocycles. The molecule has 0 saturated carbocycles. The average Bonchev–Trinajstić information content (AvgIpc) is 2.43. The molecule has 0 atom stereocenters. The molecule has 0 fully saturated rings. The van der Waals surface area contributed by atoms with E-state index < -0.39 is 5.97 Å². The Morgan fingerprint density at radius 2 is 2.16 bits per heavy atom. The Morgan fingerprint density at radius 1 is 1.37 bits per heavy atom. The van der Waals surface area contributed by atoms with E-state index in [9.17, 15) is 9.59 Å². The fourth-order valence-electron chi connectivity index (χ4n) is 1.32. The first-order valence-electron chi connectivity index (χ1n) is 5.90. The molecule has 6 heteroatoms. The average molecular weight is 283 g/mol. The summed E-state index contributed by atoms with van der Waals surface area (Å²) in [7, 11) is 0. The van der Waals surface area contributed by atoms with E-state index in [1.165, 1.54) is 0 Å². The molecule has 0 spiro atoms. The van der Waals surface area contributed by atoms with Crippen molar-refractivity contribution in [3.63, 3.8) is 0 Å². The maximum atomic E-state index is 11.4. The van der Waals surface area contributed by atoms with Gasteiger partial charge in [0.15, 0.2) is 6.61 Å². The lowest BCUT2D eigenvalue weighted by atomic mass is 10.2. The smallest absolute Gasteiger partial charge is 0.325 e. The van der Waals surface area contributed by atoms with E-state index in [0.717, 1.165) is 5.56 Å². The number of carbonyl (C=O) groups excluding carboxylic acids is 2. The van der Waals surface area contributed by atoms with Gasteiger partial charge in [0.2, 0.25) is 0 Å². The van der Waals surface area contributed by atoms with Crippen molar-refractivity contribution in [1.29, 1.82) is 0 Å². The third kappa shape index (κ3) is 6.15. The van der Waals surface area contributed by atoms with Crippen molar-refractivity contribution >= 4 is 24.5 Å². The Morgan fingerprint density at radius 3 is 2.84 bits per heavy atom. The van der Waals surface area contributed by atoms with Gasteiger partial charge in [0, 0.05) is 5.75 Å². The molecule has 0 heterocycles. The second-order valence-electron chi connectivity index (χ2n) is 3.68. The van der Waals surface area contributed by atoms with Gasteiger partial charge < -0.3 is 14.8 Å². The SMILES string of the molecule is CCOC(=O)CNC(=O)COc1cccc(CS)c1. The molecule has 0 saturated heterocycles. The predicted octanol–water partition coefficient (Wildman–Crippen LogP) is 1.17. The van der Waals surface area contributed by atoms with Crippen LogP contribution in [0.3, 0.4) is 0 Å². The lowest BCUT2D eigenvalue weighted by Crippen LogP contribution is -2.34. The van der Waals surface area contributed by atoms with Crippen molar-refractivity contribution in [1.82, 2.24) is 5.32 Å². The molecular formula is C13H17NO4S. The van der Waals surface area contributed by atoms with Crippen LogP contribution in [0.2, 0.25) is 0 Å². The Bertz CT molecular complexity index is 436. The third-order valence-electron chi connectivity index (χ3n) is 2.19. The quantitative estimate of drug-likeness (QED) is 0.582. The summed E-state index contributed by atoms with van der Waals surface area (Å²) in [6, 6.07) is 7.31. The number of amides is 1. The minimum absolute atomic E-state index is 0.143. The molecule has 0 aliphatic rings. The van der Waals surface area contributed by atoms with Gasteiger partial charge in [-0.05, 0) is 24.6 Å². The zero-order chi connectivity index (χ0) is 14.1. The predicted molar refractivity (Wildman–Crippen MR) is 74.3 cm³/mol.